The maximum absolute atomic E-state index is 4.20. The molecular formula is C13H23N7. The second-order valence-electron chi connectivity index (χ2n) is 5.38. The van der Waals surface area contributed by atoms with Crippen molar-refractivity contribution in [3.05, 3.63) is 18.5 Å². The molecule has 2 aliphatic heterocycles. The Kier molecular flexibility index (Phi) is 4.41. The highest BCUT2D eigenvalue weighted by Gasteiger charge is 2.24. The normalized spacial score (nSPS) is 23.9. The first-order valence-corrected chi connectivity index (χ1v) is 7.28. The highest BCUT2D eigenvalue weighted by molar-refractivity contribution is 5.20. The van der Waals surface area contributed by atoms with E-state index in [2.05, 4.69) is 42.4 Å². The summed E-state index contributed by atoms with van der Waals surface area (Å²) in [7, 11) is 2.19. The van der Waals surface area contributed by atoms with Gasteiger partial charge < -0.3 is 4.90 Å². The monoisotopic (exact) mass is 277 g/mol. The molecular weight excluding hydrogens is 254 g/mol. The molecule has 20 heavy (non-hydrogen) atoms. The van der Waals surface area contributed by atoms with E-state index >= 15 is 0 Å². The van der Waals surface area contributed by atoms with Crippen LogP contribution in [-0.4, -0.2) is 89.3 Å². The number of piperazine rings is 2. The molecule has 0 aromatic carbocycles. The zero-order valence-electron chi connectivity index (χ0n) is 12.1. The van der Waals surface area contributed by atoms with Crippen molar-refractivity contribution in [2.75, 3.05) is 64.8 Å². The second kappa shape index (κ2) is 6.45. The predicted molar refractivity (Wildman–Crippen MR) is 77.9 cm³/mol. The molecule has 2 aliphatic rings. The van der Waals surface area contributed by atoms with Crippen molar-refractivity contribution in [2.45, 2.75) is 0 Å². The third kappa shape index (κ3) is 3.43. The van der Waals surface area contributed by atoms with Gasteiger partial charge in [0.15, 0.2) is 0 Å². The molecule has 7 nitrogen and oxygen atoms in total. The van der Waals surface area contributed by atoms with Crippen molar-refractivity contribution in [1.82, 2.24) is 29.9 Å². The van der Waals surface area contributed by atoms with Crippen LogP contribution in [-0.2, 0) is 0 Å². The molecule has 0 amide bonds. The minimum Gasteiger partial charge on any atom is -0.304 e. The first-order chi connectivity index (χ1) is 9.81. The summed E-state index contributed by atoms with van der Waals surface area (Å²) in [5.41, 5.74) is 3.27. The van der Waals surface area contributed by atoms with Crippen LogP contribution in [0.15, 0.2) is 18.5 Å². The van der Waals surface area contributed by atoms with E-state index in [1.54, 1.807) is 12.4 Å². The Hall–Kier alpha value is -1.28. The Morgan fingerprint density at radius 2 is 1.40 bits per heavy atom. The Labute approximate surface area is 120 Å². The highest BCUT2D eigenvalue weighted by atomic mass is 15.7. The van der Waals surface area contributed by atoms with Crippen LogP contribution < -0.4 is 5.43 Å². The second-order valence-corrected chi connectivity index (χ2v) is 5.38. The molecule has 0 atom stereocenters. The van der Waals surface area contributed by atoms with Gasteiger partial charge in [0, 0.05) is 64.8 Å². The molecule has 7 heteroatoms. The molecule has 3 rings (SSSR count). The molecule has 2 fully saturated rings. The minimum atomic E-state index is 0.681. The number of nitrogens with one attached hydrogen (secondary N) is 1. The molecule has 0 saturated carbocycles. The van der Waals surface area contributed by atoms with E-state index in [0.717, 1.165) is 52.4 Å². The van der Waals surface area contributed by atoms with E-state index in [0.29, 0.717) is 5.95 Å². The number of rotatable bonds is 3. The van der Waals surface area contributed by atoms with Gasteiger partial charge in [0.05, 0.1) is 0 Å². The molecule has 1 N–H and O–H groups in total. The Morgan fingerprint density at radius 1 is 0.850 bits per heavy atom. The van der Waals surface area contributed by atoms with Gasteiger partial charge in [0.2, 0.25) is 5.95 Å². The van der Waals surface area contributed by atoms with E-state index in [1.807, 2.05) is 6.07 Å². The van der Waals surface area contributed by atoms with Crippen molar-refractivity contribution in [3.8, 4) is 0 Å². The van der Waals surface area contributed by atoms with Crippen LogP contribution in [0, 0.1) is 0 Å². The first-order valence-electron chi connectivity index (χ1n) is 7.28. The van der Waals surface area contributed by atoms with E-state index in [-0.39, 0.29) is 0 Å². The van der Waals surface area contributed by atoms with E-state index in [9.17, 15) is 0 Å². The molecule has 0 bridgehead atoms. The largest absolute Gasteiger partial charge is 0.304 e. The van der Waals surface area contributed by atoms with E-state index < -0.39 is 0 Å². The maximum Gasteiger partial charge on any atom is 0.237 e. The Bertz CT molecular complexity index is 396. The zero-order chi connectivity index (χ0) is 13.8. The predicted octanol–water partition coefficient (Wildman–Crippen LogP) is -0.416. The molecule has 3 heterocycles. The summed E-state index contributed by atoms with van der Waals surface area (Å²) in [6, 6.07) is 1.83. The molecule has 1 aromatic heterocycles. The molecule has 2 saturated heterocycles. The third-order valence-corrected chi connectivity index (χ3v) is 3.96. The van der Waals surface area contributed by atoms with Crippen molar-refractivity contribution in [3.63, 3.8) is 0 Å². The van der Waals surface area contributed by atoms with Crippen LogP contribution in [0.5, 0.6) is 0 Å². The van der Waals surface area contributed by atoms with Crippen LogP contribution in [0.3, 0.4) is 0 Å². The fraction of sp³-hybridized carbons (Fsp3) is 0.692. The smallest absolute Gasteiger partial charge is 0.237 e. The van der Waals surface area contributed by atoms with Crippen LogP contribution in [0.2, 0.25) is 0 Å². The zero-order valence-corrected chi connectivity index (χ0v) is 12.1. The SMILES string of the molecule is CN1CCN(N2CCN(Nc3ncccn3)CC2)CC1. The lowest BCUT2D eigenvalue weighted by atomic mass is 10.3. The van der Waals surface area contributed by atoms with Crippen LogP contribution in [0.1, 0.15) is 0 Å². The highest BCUT2D eigenvalue weighted by Crippen LogP contribution is 2.09. The molecule has 0 unspecified atom stereocenters. The van der Waals surface area contributed by atoms with Gasteiger partial charge in [-0.2, -0.15) is 0 Å². The van der Waals surface area contributed by atoms with Gasteiger partial charge in [-0.25, -0.2) is 25.0 Å². The van der Waals surface area contributed by atoms with Crippen molar-refractivity contribution >= 4 is 5.95 Å². The van der Waals surface area contributed by atoms with Crippen molar-refractivity contribution in [1.29, 1.82) is 0 Å². The lowest BCUT2D eigenvalue weighted by molar-refractivity contribution is -0.0756. The Morgan fingerprint density at radius 3 is 2.00 bits per heavy atom. The quantitative estimate of drug-likeness (QED) is 0.805. The maximum atomic E-state index is 4.20. The van der Waals surface area contributed by atoms with Crippen LogP contribution in [0.4, 0.5) is 5.95 Å². The third-order valence-electron chi connectivity index (χ3n) is 3.96. The minimum absolute atomic E-state index is 0.681. The molecule has 110 valence electrons. The van der Waals surface area contributed by atoms with E-state index in [4.69, 9.17) is 0 Å². The van der Waals surface area contributed by atoms with E-state index in [1.165, 1.54) is 0 Å². The summed E-state index contributed by atoms with van der Waals surface area (Å²) in [5.74, 6) is 0.681. The number of aromatic nitrogens is 2. The van der Waals surface area contributed by atoms with Gasteiger partial charge in [-0.1, -0.05) is 0 Å². The number of anilines is 1. The summed E-state index contributed by atoms with van der Waals surface area (Å²) in [6.45, 7) is 8.71. The summed E-state index contributed by atoms with van der Waals surface area (Å²) in [5, 5.41) is 7.18. The first kappa shape index (κ1) is 13.7. The fourth-order valence-corrected chi connectivity index (χ4v) is 2.67. The average molecular weight is 277 g/mol. The number of hydrogen-bond acceptors (Lipinski definition) is 7. The summed E-state index contributed by atoms with van der Waals surface area (Å²) in [6.07, 6.45) is 3.52. The number of hydrazine groups is 2. The molecule has 0 radical (unpaired) electrons. The molecule has 1 aromatic rings. The summed E-state index contributed by atoms with van der Waals surface area (Å²) < 4.78 is 0. The van der Waals surface area contributed by atoms with Gasteiger partial charge in [0.1, 0.15) is 0 Å². The van der Waals surface area contributed by atoms with Crippen LogP contribution >= 0.6 is 0 Å². The number of likely N-dealkylation sites (N-methyl/N-ethyl adjacent to an activating group) is 1. The standard InChI is InChI=1S/C13H23N7/c1-17-5-9-19(10-6-17)20-11-7-18(8-12-20)16-13-14-3-2-4-15-13/h2-4H,5-12H2,1H3,(H,14,15,16). The topological polar surface area (TPSA) is 50.8 Å². The lowest BCUT2D eigenvalue weighted by Gasteiger charge is -2.44. The van der Waals surface area contributed by atoms with Gasteiger partial charge in [0.25, 0.3) is 0 Å². The van der Waals surface area contributed by atoms with Gasteiger partial charge in [-0.15, -0.1) is 0 Å². The Balaban J connectivity index is 1.45. The van der Waals surface area contributed by atoms with Gasteiger partial charge >= 0.3 is 0 Å². The van der Waals surface area contributed by atoms with Crippen molar-refractivity contribution < 1.29 is 0 Å². The molecule has 0 spiro atoms. The average Bonchev–Trinajstić information content (AvgIpc) is 2.50. The number of hydrogen-bond donors (Lipinski definition) is 1. The van der Waals surface area contributed by atoms with Crippen molar-refractivity contribution in [2.24, 2.45) is 0 Å². The number of nitrogens with zero attached hydrogens (tertiary/aromatic N) is 6. The van der Waals surface area contributed by atoms with Gasteiger partial charge in [-0.05, 0) is 13.1 Å². The summed E-state index contributed by atoms with van der Waals surface area (Å²) in [4.78, 5) is 10.8. The fourth-order valence-electron chi connectivity index (χ4n) is 2.67. The lowest BCUT2D eigenvalue weighted by Crippen LogP contribution is -2.59. The molecule has 0 aliphatic carbocycles. The van der Waals surface area contributed by atoms with Gasteiger partial charge in [-0.3, -0.25) is 5.43 Å². The summed E-state index contributed by atoms with van der Waals surface area (Å²) >= 11 is 0. The van der Waals surface area contributed by atoms with Crippen LogP contribution in [0.25, 0.3) is 0 Å².